The topological polar surface area (TPSA) is 32.5 Å². The van der Waals surface area contributed by atoms with Gasteiger partial charge in [0.1, 0.15) is 0 Å². The Labute approximate surface area is 106 Å². The van der Waals surface area contributed by atoms with Gasteiger partial charge >= 0.3 is 0 Å². The van der Waals surface area contributed by atoms with Crippen LogP contribution in [0.4, 0.5) is 0 Å². The first-order valence-electron chi connectivity index (χ1n) is 7.04. The van der Waals surface area contributed by atoms with E-state index < -0.39 is 0 Å². The third-order valence-electron chi connectivity index (χ3n) is 4.64. The van der Waals surface area contributed by atoms with Crippen molar-refractivity contribution < 1.29 is 0 Å². The lowest BCUT2D eigenvalue weighted by molar-refractivity contribution is 0.0610. The fourth-order valence-electron chi connectivity index (χ4n) is 3.91. The van der Waals surface area contributed by atoms with E-state index in [2.05, 4.69) is 37.6 Å². The number of rotatable bonds is 3. The minimum atomic E-state index is 0.240. The summed E-state index contributed by atoms with van der Waals surface area (Å²) in [5, 5.41) is 0. The molecule has 0 radical (unpaired) electrons. The van der Waals surface area contributed by atoms with Crippen molar-refractivity contribution in [2.75, 3.05) is 33.2 Å². The van der Waals surface area contributed by atoms with Gasteiger partial charge in [-0.2, -0.15) is 0 Å². The molecule has 2 rings (SSSR count). The van der Waals surface area contributed by atoms with Crippen LogP contribution in [-0.4, -0.2) is 54.6 Å². The highest BCUT2D eigenvalue weighted by atomic mass is 15.3. The normalized spacial score (nSPS) is 34.6. The Balaban J connectivity index is 2.14. The van der Waals surface area contributed by atoms with E-state index in [1.807, 2.05) is 0 Å². The molecule has 2 unspecified atom stereocenters. The smallest absolute Gasteiger partial charge is 0.0496 e. The number of nitrogens with two attached hydrogens (primary N) is 1. The van der Waals surface area contributed by atoms with Crippen LogP contribution in [0.5, 0.6) is 0 Å². The summed E-state index contributed by atoms with van der Waals surface area (Å²) in [7, 11) is 2.28. The van der Waals surface area contributed by atoms with Crippen LogP contribution < -0.4 is 5.73 Å². The molecule has 0 spiro atoms. The summed E-state index contributed by atoms with van der Waals surface area (Å²) in [6.07, 6.45) is 3.95. The summed E-state index contributed by atoms with van der Waals surface area (Å²) in [6.45, 7) is 11.4. The van der Waals surface area contributed by atoms with E-state index in [0.29, 0.717) is 11.5 Å². The lowest BCUT2D eigenvalue weighted by Gasteiger charge is -2.45. The maximum Gasteiger partial charge on any atom is 0.0496 e. The molecule has 2 heterocycles. The van der Waals surface area contributed by atoms with Crippen molar-refractivity contribution in [3.8, 4) is 0 Å². The molecule has 0 aromatic heterocycles. The standard InChI is InChI=1S/C14H29N3/c1-13(2,3)11-16(4)14(10-15)7-9-17-8-5-6-12(14)17/h12H,5-11,15H2,1-4H3. The minimum Gasteiger partial charge on any atom is -0.329 e. The summed E-state index contributed by atoms with van der Waals surface area (Å²) < 4.78 is 0. The van der Waals surface area contributed by atoms with E-state index in [1.54, 1.807) is 0 Å². The van der Waals surface area contributed by atoms with Gasteiger partial charge in [0.25, 0.3) is 0 Å². The van der Waals surface area contributed by atoms with E-state index in [0.717, 1.165) is 13.1 Å². The van der Waals surface area contributed by atoms with Gasteiger partial charge in [-0.15, -0.1) is 0 Å². The number of hydrogen-bond acceptors (Lipinski definition) is 3. The van der Waals surface area contributed by atoms with Gasteiger partial charge in [0, 0.05) is 31.2 Å². The molecule has 17 heavy (non-hydrogen) atoms. The molecule has 100 valence electrons. The fourth-order valence-corrected chi connectivity index (χ4v) is 3.91. The Bertz CT molecular complexity index is 271. The Morgan fingerprint density at radius 1 is 1.35 bits per heavy atom. The number of fused-ring (bicyclic) bond motifs is 1. The predicted molar refractivity (Wildman–Crippen MR) is 73.1 cm³/mol. The van der Waals surface area contributed by atoms with Crippen molar-refractivity contribution in [1.82, 2.24) is 9.80 Å². The first-order valence-corrected chi connectivity index (χ1v) is 7.04. The van der Waals surface area contributed by atoms with Crippen LogP contribution in [-0.2, 0) is 0 Å². The molecule has 3 nitrogen and oxygen atoms in total. The monoisotopic (exact) mass is 239 g/mol. The lowest BCUT2D eigenvalue weighted by atomic mass is 9.84. The van der Waals surface area contributed by atoms with Gasteiger partial charge < -0.3 is 5.73 Å². The van der Waals surface area contributed by atoms with Crippen LogP contribution in [0.1, 0.15) is 40.0 Å². The number of hydrogen-bond donors (Lipinski definition) is 1. The zero-order chi connectivity index (χ0) is 12.7. The van der Waals surface area contributed by atoms with Crippen LogP contribution in [0, 0.1) is 5.41 Å². The number of likely N-dealkylation sites (N-methyl/N-ethyl adjacent to an activating group) is 1. The zero-order valence-corrected chi connectivity index (χ0v) is 12.0. The molecule has 0 bridgehead atoms. The first kappa shape index (κ1) is 13.3. The molecule has 3 heteroatoms. The molecular weight excluding hydrogens is 210 g/mol. The quantitative estimate of drug-likeness (QED) is 0.811. The molecule has 0 aromatic rings. The Morgan fingerprint density at radius 2 is 2.06 bits per heavy atom. The Hall–Kier alpha value is -0.120. The average molecular weight is 239 g/mol. The Morgan fingerprint density at radius 3 is 2.65 bits per heavy atom. The van der Waals surface area contributed by atoms with E-state index in [1.165, 1.54) is 32.4 Å². The summed E-state index contributed by atoms with van der Waals surface area (Å²) in [5.41, 5.74) is 6.77. The molecule has 2 aliphatic heterocycles. The minimum absolute atomic E-state index is 0.240. The van der Waals surface area contributed by atoms with Crippen molar-refractivity contribution in [1.29, 1.82) is 0 Å². The molecule has 2 N–H and O–H groups in total. The molecule has 2 atom stereocenters. The van der Waals surface area contributed by atoms with Crippen LogP contribution in [0.3, 0.4) is 0 Å². The number of nitrogens with zero attached hydrogens (tertiary/aromatic N) is 2. The fraction of sp³-hybridized carbons (Fsp3) is 1.00. The molecular formula is C14H29N3. The second kappa shape index (κ2) is 4.52. The van der Waals surface area contributed by atoms with Gasteiger partial charge in [0.2, 0.25) is 0 Å². The first-order chi connectivity index (χ1) is 7.89. The van der Waals surface area contributed by atoms with Crippen molar-refractivity contribution in [3.63, 3.8) is 0 Å². The van der Waals surface area contributed by atoms with Gasteiger partial charge in [0.15, 0.2) is 0 Å². The van der Waals surface area contributed by atoms with Gasteiger partial charge in [-0.1, -0.05) is 20.8 Å². The average Bonchev–Trinajstić information content (AvgIpc) is 2.74. The molecule has 0 aliphatic carbocycles. The molecule has 2 saturated heterocycles. The maximum absolute atomic E-state index is 6.18. The summed E-state index contributed by atoms with van der Waals surface area (Å²) in [4.78, 5) is 5.22. The van der Waals surface area contributed by atoms with Gasteiger partial charge in [0.05, 0.1) is 0 Å². The maximum atomic E-state index is 6.18. The van der Waals surface area contributed by atoms with Gasteiger partial charge in [-0.05, 0) is 38.3 Å². The summed E-state index contributed by atoms with van der Waals surface area (Å²) in [6, 6.07) is 0.708. The highest BCUT2D eigenvalue weighted by molar-refractivity contribution is 5.09. The molecule has 0 amide bonds. The Kier molecular flexibility index (Phi) is 3.54. The van der Waals surface area contributed by atoms with Crippen molar-refractivity contribution in [3.05, 3.63) is 0 Å². The SMILES string of the molecule is CN(CC(C)(C)C)C1(CN)CCN2CCCC21. The molecule has 2 fully saturated rings. The molecule has 0 aromatic carbocycles. The van der Waals surface area contributed by atoms with E-state index >= 15 is 0 Å². The molecule has 0 saturated carbocycles. The van der Waals surface area contributed by atoms with Gasteiger partial charge in [-0.3, -0.25) is 9.80 Å². The lowest BCUT2D eigenvalue weighted by Crippen LogP contribution is -2.59. The largest absolute Gasteiger partial charge is 0.329 e. The second-order valence-electron chi connectivity index (χ2n) is 7.17. The van der Waals surface area contributed by atoms with Crippen LogP contribution in [0.15, 0.2) is 0 Å². The van der Waals surface area contributed by atoms with Crippen LogP contribution in [0.25, 0.3) is 0 Å². The third kappa shape index (κ3) is 2.38. The third-order valence-corrected chi connectivity index (χ3v) is 4.64. The second-order valence-corrected chi connectivity index (χ2v) is 7.17. The zero-order valence-electron chi connectivity index (χ0n) is 12.0. The van der Waals surface area contributed by atoms with Crippen molar-refractivity contribution >= 4 is 0 Å². The highest BCUT2D eigenvalue weighted by Gasteiger charge is 2.50. The highest BCUT2D eigenvalue weighted by Crippen LogP contribution is 2.39. The summed E-state index contributed by atoms with van der Waals surface area (Å²) in [5.74, 6) is 0. The molecule has 2 aliphatic rings. The van der Waals surface area contributed by atoms with Crippen molar-refractivity contribution in [2.45, 2.75) is 51.6 Å². The van der Waals surface area contributed by atoms with Crippen molar-refractivity contribution in [2.24, 2.45) is 11.1 Å². The van der Waals surface area contributed by atoms with E-state index in [9.17, 15) is 0 Å². The van der Waals surface area contributed by atoms with Crippen LogP contribution >= 0.6 is 0 Å². The van der Waals surface area contributed by atoms with Gasteiger partial charge in [-0.25, -0.2) is 0 Å². The summed E-state index contributed by atoms with van der Waals surface area (Å²) >= 11 is 0. The van der Waals surface area contributed by atoms with Crippen LogP contribution in [0.2, 0.25) is 0 Å². The van der Waals surface area contributed by atoms with E-state index in [4.69, 9.17) is 5.73 Å². The van der Waals surface area contributed by atoms with E-state index in [-0.39, 0.29) is 5.54 Å². The predicted octanol–water partition coefficient (Wildman–Crippen LogP) is 1.53.